The number of pyridine rings is 4. The summed E-state index contributed by atoms with van der Waals surface area (Å²) < 4.78 is 0. The Balaban J connectivity index is 1.32. The van der Waals surface area contributed by atoms with Crippen molar-refractivity contribution in [2.75, 3.05) is 47.4 Å². The van der Waals surface area contributed by atoms with Crippen molar-refractivity contribution in [3.63, 3.8) is 0 Å². The van der Waals surface area contributed by atoms with E-state index in [4.69, 9.17) is 21.4 Å². The monoisotopic (exact) mass is 664 g/mol. The molecule has 0 saturated heterocycles. The quantitative estimate of drug-likeness (QED) is 0.0678. The van der Waals surface area contributed by atoms with E-state index in [1.165, 1.54) is 0 Å². The number of benzene rings is 3. The summed E-state index contributed by atoms with van der Waals surface area (Å²) in [6, 6.07) is 26.4. The van der Waals surface area contributed by atoms with Gasteiger partial charge in [-0.1, -0.05) is 36.4 Å². The molecule has 250 valence electrons. The lowest BCUT2D eigenvalue weighted by Crippen LogP contribution is -2.17. The van der Waals surface area contributed by atoms with Gasteiger partial charge in [0.05, 0.1) is 45.8 Å². The van der Waals surface area contributed by atoms with Crippen LogP contribution in [-0.4, -0.2) is 57.9 Å². The summed E-state index contributed by atoms with van der Waals surface area (Å²) in [5, 5.41) is 16.0. The van der Waals surface area contributed by atoms with Crippen LogP contribution >= 0.6 is 0 Å². The van der Waals surface area contributed by atoms with Gasteiger partial charge in [-0.2, -0.15) is 0 Å². The normalized spacial score (nSPS) is 11.2. The summed E-state index contributed by atoms with van der Waals surface area (Å²) in [7, 11) is 0. The minimum atomic E-state index is -0.415. The molecule has 0 aliphatic heterocycles. The molecule has 50 heavy (non-hydrogen) atoms. The van der Waals surface area contributed by atoms with E-state index >= 15 is 0 Å². The third-order valence-electron chi connectivity index (χ3n) is 8.31. The van der Waals surface area contributed by atoms with Gasteiger partial charge in [0, 0.05) is 46.0 Å². The molecule has 12 heteroatoms. The van der Waals surface area contributed by atoms with Gasteiger partial charge in [0.25, 0.3) is 11.8 Å². The van der Waals surface area contributed by atoms with Crippen LogP contribution in [0.3, 0.4) is 0 Å². The van der Waals surface area contributed by atoms with Gasteiger partial charge >= 0.3 is 0 Å². The molecule has 0 aliphatic rings. The molecule has 0 radical (unpaired) electrons. The van der Waals surface area contributed by atoms with E-state index in [2.05, 4.69) is 31.2 Å². The van der Waals surface area contributed by atoms with E-state index in [0.717, 1.165) is 45.4 Å². The molecule has 7 rings (SSSR count). The Kier molecular flexibility index (Phi) is 9.36. The summed E-state index contributed by atoms with van der Waals surface area (Å²) >= 11 is 0. The van der Waals surface area contributed by atoms with Crippen molar-refractivity contribution >= 4 is 78.2 Å². The summed E-state index contributed by atoms with van der Waals surface area (Å²) in [6.07, 6.45) is 4.69. The van der Waals surface area contributed by atoms with Gasteiger partial charge in [0.1, 0.15) is 11.4 Å². The lowest BCUT2D eigenvalue weighted by molar-refractivity contribution is 0.101. The molecule has 4 heterocycles. The number of anilines is 4. The number of nitrogens with two attached hydrogens (primary N) is 2. The van der Waals surface area contributed by atoms with Gasteiger partial charge in [-0.3, -0.25) is 19.6 Å². The highest BCUT2D eigenvalue weighted by Crippen LogP contribution is 2.33. The summed E-state index contributed by atoms with van der Waals surface area (Å²) in [5.74, 6) is -0.830. The van der Waals surface area contributed by atoms with Crippen molar-refractivity contribution in [2.45, 2.75) is 12.8 Å². The molecule has 0 saturated carbocycles. The van der Waals surface area contributed by atoms with Gasteiger partial charge in [-0.15, -0.1) is 0 Å². The van der Waals surface area contributed by atoms with Crippen molar-refractivity contribution in [3.05, 3.63) is 109 Å². The maximum Gasteiger partial charge on any atom is 0.274 e. The number of hydrogen-bond acceptors (Lipinski definition) is 10. The third-order valence-corrected chi connectivity index (χ3v) is 8.31. The Morgan fingerprint density at radius 2 is 1.02 bits per heavy atom. The van der Waals surface area contributed by atoms with Crippen molar-refractivity contribution in [3.8, 4) is 0 Å². The van der Waals surface area contributed by atoms with Crippen LogP contribution in [0, 0.1) is 0 Å². The van der Waals surface area contributed by atoms with Crippen LogP contribution in [0.2, 0.25) is 0 Å². The topological polar surface area (TPSA) is 186 Å². The Hall–Kier alpha value is -6.24. The Morgan fingerprint density at radius 3 is 1.46 bits per heavy atom. The van der Waals surface area contributed by atoms with E-state index in [1.807, 2.05) is 72.8 Å². The number of nitrogens with one attached hydrogen (secondary N) is 4. The van der Waals surface area contributed by atoms with Crippen molar-refractivity contribution in [1.82, 2.24) is 19.9 Å². The zero-order valence-electron chi connectivity index (χ0n) is 27.2. The van der Waals surface area contributed by atoms with Crippen LogP contribution in [0.5, 0.6) is 0 Å². The highest BCUT2D eigenvalue weighted by molar-refractivity contribution is 6.15. The molecule has 0 spiro atoms. The molecular formula is C38H36N10O2. The first kappa shape index (κ1) is 32.3. The first-order chi connectivity index (χ1) is 24.5. The fourth-order valence-electron chi connectivity index (χ4n) is 5.82. The maximum absolute atomic E-state index is 13.8. The first-order valence-corrected chi connectivity index (χ1v) is 16.5. The largest absolute Gasteiger partial charge is 0.384 e. The molecule has 0 bridgehead atoms. The summed E-state index contributed by atoms with van der Waals surface area (Å²) in [4.78, 5) is 46.2. The fourth-order valence-corrected chi connectivity index (χ4v) is 5.82. The second kappa shape index (κ2) is 14.5. The number of carbonyl (C=O) groups excluding carboxylic acids is 2. The van der Waals surface area contributed by atoms with Gasteiger partial charge in [-0.25, -0.2) is 9.97 Å². The second-order valence-corrected chi connectivity index (χ2v) is 11.8. The van der Waals surface area contributed by atoms with Crippen molar-refractivity contribution in [2.24, 2.45) is 11.5 Å². The number of fused-ring (bicyclic) bond motifs is 5. The SMILES string of the molecule is NCCCNc1cc(C(=O)Nc2cnc3ccccc3c2)nc2c1ccc1c(NCCCN)cc(C(=O)Nc3cnc4ccccc4c3)nc12. The number of hydrogen-bond donors (Lipinski definition) is 6. The summed E-state index contributed by atoms with van der Waals surface area (Å²) in [5.41, 5.74) is 17.0. The van der Waals surface area contributed by atoms with Crippen LogP contribution in [0.1, 0.15) is 33.8 Å². The van der Waals surface area contributed by atoms with Crippen LogP contribution in [-0.2, 0) is 0 Å². The molecule has 4 aromatic heterocycles. The Morgan fingerprint density at radius 1 is 0.580 bits per heavy atom. The molecule has 0 unspecified atom stereocenters. The molecule has 0 fully saturated rings. The molecule has 0 atom stereocenters. The molecule has 2 amide bonds. The molecular weight excluding hydrogens is 628 g/mol. The average Bonchev–Trinajstić information content (AvgIpc) is 3.14. The predicted octanol–water partition coefficient (Wildman–Crippen LogP) is 5.91. The highest BCUT2D eigenvalue weighted by Gasteiger charge is 2.19. The molecule has 3 aromatic carbocycles. The molecule has 12 nitrogen and oxygen atoms in total. The van der Waals surface area contributed by atoms with Gasteiger partial charge < -0.3 is 32.7 Å². The molecule has 7 aromatic rings. The zero-order chi connectivity index (χ0) is 34.5. The van der Waals surface area contributed by atoms with Crippen LogP contribution in [0.25, 0.3) is 43.6 Å². The van der Waals surface area contributed by atoms with E-state index < -0.39 is 11.8 Å². The molecule has 8 N–H and O–H groups in total. The fraction of sp³-hybridized carbons (Fsp3) is 0.158. The first-order valence-electron chi connectivity index (χ1n) is 16.5. The Bertz CT molecular complexity index is 2210. The standard InChI is InChI=1S/C38H36N10O2/c39-13-5-15-41-31-19-33(37(49)45-25-17-23-7-1-3-9-29(23)43-21-25)47-35-27(31)11-12-28-32(42-16-6-14-40)20-34(48-36(28)35)38(50)46-26-18-24-8-2-4-10-30(24)44-22-26/h1-4,7-12,17-22H,5-6,13-16,39-40H2,(H,41,47)(H,42,48)(H,45,49)(H,46,50). The summed E-state index contributed by atoms with van der Waals surface area (Å²) in [6.45, 7) is 2.19. The smallest absolute Gasteiger partial charge is 0.274 e. The zero-order valence-corrected chi connectivity index (χ0v) is 27.2. The minimum absolute atomic E-state index is 0.171. The minimum Gasteiger partial charge on any atom is -0.384 e. The average molecular weight is 665 g/mol. The molecule has 0 aliphatic carbocycles. The van der Waals surface area contributed by atoms with E-state index in [0.29, 0.717) is 60.0 Å². The lowest BCUT2D eigenvalue weighted by Gasteiger charge is -2.16. The van der Waals surface area contributed by atoms with Crippen LogP contribution < -0.4 is 32.7 Å². The van der Waals surface area contributed by atoms with E-state index in [-0.39, 0.29) is 11.4 Å². The van der Waals surface area contributed by atoms with Crippen molar-refractivity contribution in [1.29, 1.82) is 0 Å². The number of nitrogens with zero attached hydrogens (tertiary/aromatic N) is 4. The van der Waals surface area contributed by atoms with Gasteiger partial charge in [-0.05, 0) is 74.5 Å². The Labute approximate surface area is 287 Å². The van der Waals surface area contributed by atoms with E-state index in [9.17, 15) is 9.59 Å². The maximum atomic E-state index is 13.8. The third kappa shape index (κ3) is 6.83. The number of aromatic nitrogens is 4. The lowest BCUT2D eigenvalue weighted by atomic mass is 10.1. The number of amides is 2. The second-order valence-electron chi connectivity index (χ2n) is 11.8. The van der Waals surface area contributed by atoms with Crippen molar-refractivity contribution < 1.29 is 9.59 Å². The van der Waals surface area contributed by atoms with Crippen LogP contribution in [0.15, 0.2) is 97.3 Å². The van der Waals surface area contributed by atoms with Gasteiger partial charge in [0.2, 0.25) is 0 Å². The highest BCUT2D eigenvalue weighted by atomic mass is 16.2. The van der Waals surface area contributed by atoms with Gasteiger partial charge in [0.15, 0.2) is 0 Å². The van der Waals surface area contributed by atoms with E-state index in [1.54, 1.807) is 24.5 Å². The number of carbonyl (C=O) groups is 2. The number of para-hydroxylation sites is 2. The predicted molar refractivity (Wildman–Crippen MR) is 201 cm³/mol. The van der Waals surface area contributed by atoms with Crippen LogP contribution in [0.4, 0.5) is 22.7 Å². The number of rotatable bonds is 12.